The number of hydrogen-bond donors (Lipinski definition) is 3. The quantitative estimate of drug-likeness (QED) is 0.298. The molecule has 0 aliphatic rings. The van der Waals surface area contributed by atoms with Crippen molar-refractivity contribution in [1.29, 1.82) is 0 Å². The summed E-state index contributed by atoms with van der Waals surface area (Å²) >= 11 is 0. The van der Waals surface area contributed by atoms with Gasteiger partial charge in [-0.3, -0.25) is 13.6 Å². The molecule has 0 saturated heterocycles. The van der Waals surface area contributed by atoms with Gasteiger partial charge in [0.05, 0.1) is 13.2 Å². The highest BCUT2D eigenvalue weighted by molar-refractivity contribution is 7.47. The zero-order chi connectivity index (χ0) is 11.9. The van der Waals surface area contributed by atoms with Gasteiger partial charge in [0, 0.05) is 0 Å². The Bertz CT molecular complexity index is 282. The fourth-order valence-electron chi connectivity index (χ4n) is 0.471. The van der Waals surface area contributed by atoms with Crippen LogP contribution in [0.25, 0.3) is 0 Å². The molecule has 0 rings (SSSR count). The third kappa shape index (κ3) is 10.2. The van der Waals surface area contributed by atoms with Crippen molar-refractivity contribution in [2.75, 3.05) is 19.8 Å². The molecule has 0 fully saturated rings. The van der Waals surface area contributed by atoms with E-state index in [4.69, 9.17) is 14.7 Å². The van der Waals surface area contributed by atoms with Crippen LogP contribution in [0.1, 0.15) is 0 Å². The highest BCUT2D eigenvalue weighted by Crippen LogP contribution is 2.43. The van der Waals surface area contributed by atoms with Gasteiger partial charge >= 0.3 is 15.6 Å². The molecule has 1 unspecified atom stereocenters. The summed E-state index contributed by atoms with van der Waals surface area (Å²) < 4.78 is 33.1. The van der Waals surface area contributed by atoms with Crippen LogP contribution in [0.4, 0.5) is 0 Å². The lowest BCUT2D eigenvalue weighted by Gasteiger charge is -2.10. The Morgan fingerprint density at radius 1 is 1.00 bits per heavy atom. The van der Waals surface area contributed by atoms with Crippen LogP contribution in [-0.2, 0) is 27.5 Å². The molecule has 0 amide bonds. The number of phosphoric ester groups is 2. The summed E-state index contributed by atoms with van der Waals surface area (Å²) in [4.78, 5) is 35.0. The van der Waals surface area contributed by atoms with E-state index in [1.807, 2.05) is 0 Å². The number of rotatable bonds is 8. The molecule has 0 aliphatic carbocycles. The first-order valence-corrected chi connectivity index (χ1v) is 6.55. The minimum Gasteiger partial charge on any atom is -0.303 e. The summed E-state index contributed by atoms with van der Waals surface area (Å²) in [7, 11) is -8.97. The second kappa shape index (κ2) is 6.47. The lowest BCUT2D eigenvalue weighted by molar-refractivity contribution is -0.110. The van der Waals surface area contributed by atoms with Gasteiger partial charge in [-0.2, -0.15) is 0 Å². The summed E-state index contributed by atoms with van der Waals surface area (Å²) in [5, 5.41) is 0. The molecule has 0 radical (unpaired) electrons. The molecule has 0 spiro atoms. The second-order valence-electron chi connectivity index (χ2n) is 2.09. The van der Waals surface area contributed by atoms with Crippen LogP contribution < -0.4 is 0 Å². The number of carbonyl (C=O) groups is 1. The summed E-state index contributed by atoms with van der Waals surface area (Å²) in [5.41, 5.74) is 0. The summed E-state index contributed by atoms with van der Waals surface area (Å²) in [6.45, 7) is -1.76. The highest BCUT2D eigenvalue weighted by Gasteiger charge is 2.21. The van der Waals surface area contributed by atoms with Gasteiger partial charge in [-0.1, -0.05) is 0 Å². The summed E-state index contributed by atoms with van der Waals surface area (Å²) in [5.74, 6) is 0. The Balaban J connectivity index is 3.71. The molecule has 0 heterocycles. The van der Waals surface area contributed by atoms with Gasteiger partial charge in [-0.25, -0.2) is 9.13 Å². The third-order valence-corrected chi connectivity index (χ3v) is 2.41. The predicted molar refractivity (Wildman–Crippen MR) is 45.8 cm³/mol. The summed E-state index contributed by atoms with van der Waals surface area (Å²) in [6.07, 6.45) is 0.248. The van der Waals surface area contributed by atoms with Gasteiger partial charge in [0.1, 0.15) is 12.9 Å². The lowest BCUT2D eigenvalue weighted by atomic mass is 10.8. The van der Waals surface area contributed by atoms with Crippen molar-refractivity contribution < 1.29 is 42.2 Å². The van der Waals surface area contributed by atoms with Crippen LogP contribution in [0, 0.1) is 0 Å². The van der Waals surface area contributed by atoms with Gasteiger partial charge in [0.2, 0.25) is 0 Å². The van der Waals surface area contributed by atoms with E-state index in [0.29, 0.717) is 0 Å². The molecule has 0 aromatic heterocycles. The van der Waals surface area contributed by atoms with E-state index in [1.165, 1.54) is 0 Å². The van der Waals surface area contributed by atoms with E-state index in [2.05, 4.69) is 13.6 Å². The predicted octanol–water partition coefficient (Wildman–Crippen LogP) is -0.572. The topological polar surface area (TPSA) is 140 Å². The van der Waals surface area contributed by atoms with Crippen molar-refractivity contribution >= 4 is 21.9 Å². The zero-order valence-electron chi connectivity index (χ0n) is 7.38. The van der Waals surface area contributed by atoms with E-state index < -0.39 is 35.5 Å². The number of hydrogen-bond acceptors (Lipinski definition) is 6. The molecule has 9 nitrogen and oxygen atoms in total. The maximum absolute atomic E-state index is 10.8. The molecule has 3 N–H and O–H groups in total. The average Bonchev–Trinajstić information content (AvgIpc) is 2.08. The second-order valence-corrected chi connectivity index (χ2v) is 4.78. The molecule has 90 valence electrons. The van der Waals surface area contributed by atoms with E-state index in [9.17, 15) is 13.9 Å². The smallest absolute Gasteiger partial charge is 0.303 e. The Morgan fingerprint density at radius 2 is 1.53 bits per heavy atom. The van der Waals surface area contributed by atoms with Gasteiger partial charge in [-0.05, 0) is 0 Å². The Labute approximate surface area is 84.8 Å². The van der Waals surface area contributed by atoms with Crippen LogP contribution in [-0.4, -0.2) is 40.8 Å². The minimum absolute atomic E-state index is 0.248. The monoisotopic (exact) mass is 264 g/mol. The molecule has 0 aromatic rings. The molecule has 0 aliphatic heterocycles. The fraction of sp³-hybridized carbons (Fsp3) is 0.750. The molecule has 0 bridgehead atoms. The minimum atomic E-state index is -4.62. The van der Waals surface area contributed by atoms with Gasteiger partial charge in [0.25, 0.3) is 0 Å². The van der Waals surface area contributed by atoms with Crippen molar-refractivity contribution in [3.63, 3.8) is 0 Å². The van der Waals surface area contributed by atoms with E-state index in [-0.39, 0.29) is 6.29 Å². The van der Waals surface area contributed by atoms with E-state index >= 15 is 0 Å². The van der Waals surface area contributed by atoms with Crippen LogP contribution >= 0.6 is 15.6 Å². The summed E-state index contributed by atoms with van der Waals surface area (Å²) in [6, 6.07) is 0. The first-order chi connectivity index (χ1) is 6.77. The maximum Gasteiger partial charge on any atom is 0.472 e. The van der Waals surface area contributed by atoms with Crippen LogP contribution in [0.2, 0.25) is 0 Å². The number of aldehydes is 1. The standard InChI is InChI=1S/C4H10O9P2/c5-1-2-12-15(9,10)13-4-3-11-14(6,7)8/h1H,2-4H2,(H,9,10)(H2,6,7,8). The third-order valence-electron chi connectivity index (χ3n) is 0.903. The van der Waals surface area contributed by atoms with Crippen molar-refractivity contribution in [3.05, 3.63) is 0 Å². The van der Waals surface area contributed by atoms with Gasteiger partial charge in [0.15, 0.2) is 0 Å². The van der Waals surface area contributed by atoms with Crippen LogP contribution in [0.5, 0.6) is 0 Å². The van der Waals surface area contributed by atoms with Crippen molar-refractivity contribution in [2.24, 2.45) is 0 Å². The van der Waals surface area contributed by atoms with Crippen molar-refractivity contribution in [2.45, 2.75) is 0 Å². The van der Waals surface area contributed by atoms with E-state index in [1.54, 1.807) is 0 Å². The van der Waals surface area contributed by atoms with Crippen LogP contribution in [0.3, 0.4) is 0 Å². The lowest BCUT2D eigenvalue weighted by Crippen LogP contribution is -2.04. The number of phosphoric acid groups is 2. The van der Waals surface area contributed by atoms with Crippen LogP contribution in [0.15, 0.2) is 0 Å². The molecular formula is C4H10O9P2. The van der Waals surface area contributed by atoms with E-state index in [0.717, 1.165) is 0 Å². The first-order valence-electron chi connectivity index (χ1n) is 3.52. The highest BCUT2D eigenvalue weighted by atomic mass is 31.2. The Kier molecular flexibility index (Phi) is 6.42. The molecule has 11 heteroatoms. The maximum atomic E-state index is 10.8. The number of carbonyl (C=O) groups excluding carboxylic acids is 1. The zero-order valence-corrected chi connectivity index (χ0v) is 9.17. The van der Waals surface area contributed by atoms with Crippen molar-refractivity contribution in [1.82, 2.24) is 0 Å². The Morgan fingerprint density at radius 3 is 2.00 bits per heavy atom. The molecule has 15 heavy (non-hydrogen) atoms. The van der Waals surface area contributed by atoms with Gasteiger partial charge in [-0.15, -0.1) is 0 Å². The van der Waals surface area contributed by atoms with Crippen molar-refractivity contribution in [3.8, 4) is 0 Å². The molecule has 0 aromatic carbocycles. The fourth-order valence-corrected chi connectivity index (χ4v) is 1.41. The Hall–Kier alpha value is -0.110. The first kappa shape index (κ1) is 14.9. The molecular weight excluding hydrogens is 254 g/mol. The normalized spacial score (nSPS) is 15.9. The molecule has 0 saturated carbocycles. The largest absolute Gasteiger partial charge is 0.472 e. The SMILES string of the molecule is O=CCOP(=O)(O)OCCOP(=O)(O)O. The molecule has 1 atom stereocenters. The average molecular weight is 264 g/mol. The van der Waals surface area contributed by atoms with Gasteiger partial charge < -0.3 is 19.5 Å².